The Morgan fingerprint density at radius 1 is 1.48 bits per heavy atom. The predicted octanol–water partition coefficient (Wildman–Crippen LogP) is 1.31. The van der Waals surface area contributed by atoms with E-state index in [1.54, 1.807) is 24.4 Å². The van der Waals surface area contributed by atoms with Gasteiger partial charge in [0, 0.05) is 25.8 Å². The number of nitro benzene ring substituents is 1. The second kappa shape index (κ2) is 5.63. The van der Waals surface area contributed by atoms with Crippen LogP contribution in [-0.4, -0.2) is 42.3 Å². The van der Waals surface area contributed by atoms with Crippen molar-refractivity contribution in [1.29, 1.82) is 0 Å². The number of morpholine rings is 1. The van der Waals surface area contributed by atoms with Gasteiger partial charge in [0.1, 0.15) is 5.69 Å². The number of fused-ring (bicyclic) bond motifs is 1. The molecule has 1 aliphatic heterocycles. The molecule has 0 amide bonds. The number of rotatable bonds is 3. The lowest BCUT2D eigenvalue weighted by Gasteiger charge is -2.33. The zero-order valence-electron chi connectivity index (χ0n) is 11.4. The second-order valence-electron chi connectivity index (χ2n) is 4.94. The summed E-state index contributed by atoms with van der Waals surface area (Å²) >= 11 is 0. The van der Waals surface area contributed by atoms with Crippen molar-refractivity contribution in [3.05, 3.63) is 40.6 Å². The van der Waals surface area contributed by atoms with Crippen LogP contribution < -0.4 is 10.6 Å². The van der Waals surface area contributed by atoms with E-state index in [4.69, 9.17) is 10.5 Å². The fraction of sp³-hybridized carbons (Fsp3) is 0.357. The standard InChI is InChI=1S/C14H16N4O3/c15-8-10-9-17(6-7-21-10)13-4-3-12-11(2-1-5-16-12)14(13)18(19)20/h1-5,10H,6-9,15H2. The van der Waals surface area contributed by atoms with Crippen LogP contribution >= 0.6 is 0 Å². The Morgan fingerprint density at radius 3 is 3.10 bits per heavy atom. The van der Waals surface area contributed by atoms with Gasteiger partial charge in [0.25, 0.3) is 0 Å². The molecule has 3 rings (SSSR count). The average Bonchev–Trinajstić information content (AvgIpc) is 2.53. The van der Waals surface area contributed by atoms with Crippen LogP contribution in [0.2, 0.25) is 0 Å². The van der Waals surface area contributed by atoms with Gasteiger partial charge in [0.15, 0.2) is 0 Å². The van der Waals surface area contributed by atoms with Gasteiger partial charge in [-0.2, -0.15) is 0 Å². The van der Waals surface area contributed by atoms with E-state index in [1.807, 2.05) is 11.0 Å². The molecule has 2 aromatic rings. The molecule has 1 aliphatic rings. The molecule has 1 aromatic carbocycles. The number of hydrogen-bond acceptors (Lipinski definition) is 6. The minimum absolute atomic E-state index is 0.0945. The fourth-order valence-corrected chi connectivity index (χ4v) is 2.65. The second-order valence-corrected chi connectivity index (χ2v) is 4.94. The molecular weight excluding hydrogens is 272 g/mol. The first-order valence-corrected chi connectivity index (χ1v) is 6.79. The quantitative estimate of drug-likeness (QED) is 0.676. The summed E-state index contributed by atoms with van der Waals surface area (Å²) in [5.41, 5.74) is 6.95. The number of ether oxygens (including phenoxy) is 1. The van der Waals surface area contributed by atoms with E-state index in [1.165, 1.54) is 0 Å². The van der Waals surface area contributed by atoms with Crippen LogP contribution in [0.15, 0.2) is 30.5 Å². The number of nitrogens with two attached hydrogens (primary N) is 1. The number of anilines is 1. The van der Waals surface area contributed by atoms with Crippen molar-refractivity contribution in [2.45, 2.75) is 6.10 Å². The van der Waals surface area contributed by atoms with E-state index in [0.29, 0.717) is 42.8 Å². The third kappa shape index (κ3) is 2.53. The molecule has 1 unspecified atom stereocenters. The van der Waals surface area contributed by atoms with Crippen molar-refractivity contribution >= 4 is 22.3 Å². The van der Waals surface area contributed by atoms with Crippen molar-refractivity contribution in [3.63, 3.8) is 0 Å². The molecule has 1 fully saturated rings. The van der Waals surface area contributed by atoms with Gasteiger partial charge in [-0.05, 0) is 24.3 Å². The molecule has 1 atom stereocenters. The minimum Gasteiger partial charge on any atom is -0.373 e. The van der Waals surface area contributed by atoms with Crippen LogP contribution in [0, 0.1) is 10.1 Å². The van der Waals surface area contributed by atoms with Crippen molar-refractivity contribution in [1.82, 2.24) is 4.98 Å². The van der Waals surface area contributed by atoms with Gasteiger partial charge in [-0.15, -0.1) is 0 Å². The molecular formula is C14H16N4O3. The summed E-state index contributed by atoms with van der Waals surface area (Å²) in [6.07, 6.45) is 1.54. The van der Waals surface area contributed by atoms with Crippen molar-refractivity contribution < 1.29 is 9.66 Å². The molecule has 2 heterocycles. The first-order chi connectivity index (χ1) is 10.2. The molecule has 21 heavy (non-hydrogen) atoms. The highest BCUT2D eigenvalue weighted by molar-refractivity contribution is 5.94. The topological polar surface area (TPSA) is 94.5 Å². The Kier molecular flexibility index (Phi) is 3.68. The lowest BCUT2D eigenvalue weighted by molar-refractivity contribution is -0.382. The molecule has 0 spiro atoms. The summed E-state index contributed by atoms with van der Waals surface area (Å²) in [7, 11) is 0. The van der Waals surface area contributed by atoms with Gasteiger partial charge in [-0.1, -0.05) is 0 Å². The number of nitrogens with zero attached hydrogens (tertiary/aromatic N) is 3. The molecule has 2 N–H and O–H groups in total. The van der Waals surface area contributed by atoms with Crippen LogP contribution in [0.3, 0.4) is 0 Å². The molecule has 0 bridgehead atoms. The Balaban J connectivity index is 2.09. The largest absolute Gasteiger partial charge is 0.373 e. The van der Waals surface area contributed by atoms with Gasteiger partial charge in [-0.25, -0.2) is 0 Å². The molecule has 0 saturated carbocycles. The third-order valence-corrected chi connectivity index (χ3v) is 3.66. The van der Waals surface area contributed by atoms with Gasteiger partial charge in [-0.3, -0.25) is 15.1 Å². The lowest BCUT2D eigenvalue weighted by atomic mass is 10.1. The maximum atomic E-state index is 11.5. The first kappa shape index (κ1) is 13.7. The summed E-state index contributed by atoms with van der Waals surface area (Å²) in [6.45, 7) is 2.09. The monoisotopic (exact) mass is 288 g/mol. The van der Waals surface area contributed by atoms with E-state index in [0.717, 1.165) is 0 Å². The molecule has 1 saturated heterocycles. The summed E-state index contributed by atoms with van der Waals surface area (Å²) in [5.74, 6) is 0. The molecule has 1 aromatic heterocycles. The summed E-state index contributed by atoms with van der Waals surface area (Å²) in [6, 6.07) is 7.00. The van der Waals surface area contributed by atoms with Crippen LogP contribution in [0.25, 0.3) is 10.9 Å². The van der Waals surface area contributed by atoms with Crippen LogP contribution in [0.4, 0.5) is 11.4 Å². The molecule has 7 heteroatoms. The van der Waals surface area contributed by atoms with E-state index in [2.05, 4.69) is 4.98 Å². The normalized spacial score (nSPS) is 18.9. The summed E-state index contributed by atoms with van der Waals surface area (Å²) < 4.78 is 5.52. The van der Waals surface area contributed by atoms with E-state index in [-0.39, 0.29) is 16.7 Å². The summed E-state index contributed by atoms with van der Waals surface area (Å²) in [5, 5.41) is 12.1. The van der Waals surface area contributed by atoms with Crippen LogP contribution in [0.1, 0.15) is 0 Å². The van der Waals surface area contributed by atoms with Gasteiger partial charge in [0.05, 0.1) is 28.5 Å². The molecule has 0 radical (unpaired) electrons. The highest BCUT2D eigenvalue weighted by Crippen LogP contribution is 2.35. The fourth-order valence-electron chi connectivity index (χ4n) is 2.65. The Labute approximate surface area is 121 Å². The molecule has 7 nitrogen and oxygen atoms in total. The van der Waals surface area contributed by atoms with Gasteiger partial charge in [0.2, 0.25) is 0 Å². The number of pyridine rings is 1. The number of aromatic nitrogens is 1. The summed E-state index contributed by atoms with van der Waals surface area (Å²) in [4.78, 5) is 17.3. The number of nitro groups is 1. The smallest absolute Gasteiger partial charge is 0.301 e. The average molecular weight is 288 g/mol. The Morgan fingerprint density at radius 2 is 2.33 bits per heavy atom. The SMILES string of the molecule is NCC1CN(c2ccc3ncccc3c2[N+](=O)[O-])CCO1. The highest BCUT2D eigenvalue weighted by Gasteiger charge is 2.27. The van der Waals surface area contributed by atoms with Crippen LogP contribution in [-0.2, 0) is 4.74 Å². The predicted molar refractivity (Wildman–Crippen MR) is 79.4 cm³/mol. The van der Waals surface area contributed by atoms with Gasteiger partial charge >= 0.3 is 5.69 Å². The van der Waals surface area contributed by atoms with Crippen molar-refractivity contribution in [2.24, 2.45) is 5.73 Å². The number of benzene rings is 1. The molecule has 110 valence electrons. The Hall–Kier alpha value is -2.25. The highest BCUT2D eigenvalue weighted by atomic mass is 16.6. The first-order valence-electron chi connectivity index (χ1n) is 6.79. The van der Waals surface area contributed by atoms with E-state index < -0.39 is 0 Å². The zero-order chi connectivity index (χ0) is 14.8. The maximum absolute atomic E-state index is 11.5. The minimum atomic E-state index is -0.341. The van der Waals surface area contributed by atoms with E-state index >= 15 is 0 Å². The van der Waals surface area contributed by atoms with E-state index in [9.17, 15) is 10.1 Å². The Bertz CT molecular complexity index is 676. The zero-order valence-corrected chi connectivity index (χ0v) is 11.4. The molecule has 0 aliphatic carbocycles. The van der Waals surface area contributed by atoms with Crippen molar-refractivity contribution in [2.75, 3.05) is 31.1 Å². The van der Waals surface area contributed by atoms with Gasteiger partial charge < -0.3 is 15.4 Å². The van der Waals surface area contributed by atoms with Crippen molar-refractivity contribution in [3.8, 4) is 0 Å². The van der Waals surface area contributed by atoms with Crippen LogP contribution in [0.5, 0.6) is 0 Å². The third-order valence-electron chi connectivity index (χ3n) is 3.66. The maximum Gasteiger partial charge on any atom is 0.301 e. The lowest BCUT2D eigenvalue weighted by Crippen LogP contribution is -2.45. The number of hydrogen-bond donors (Lipinski definition) is 1.